The fourth-order valence-electron chi connectivity index (χ4n) is 3.56. The number of nitrogens with two attached hydrogens (primary N) is 1. The van der Waals surface area contributed by atoms with Crippen molar-refractivity contribution in [2.24, 2.45) is 0 Å². The second-order valence-corrected chi connectivity index (χ2v) is 7.51. The van der Waals surface area contributed by atoms with Crippen molar-refractivity contribution in [3.8, 4) is 11.1 Å². The average Bonchev–Trinajstić information content (AvgIpc) is 3.43. The minimum Gasteiger partial charge on any atom is -0.366 e. The SMILES string of the molecule is Nc1nc2cc(-c3ccc(CC(=O)Nc4ccc(Cn5cccn5)cc4)cc3)ccn2n1. The Morgan fingerprint density at radius 2 is 1.72 bits per heavy atom. The van der Waals surface area contributed by atoms with Crippen LogP contribution in [0.4, 0.5) is 11.6 Å². The number of nitrogen functional groups attached to an aromatic ring is 1. The molecule has 1 amide bonds. The molecule has 0 radical (unpaired) electrons. The lowest BCUT2D eigenvalue weighted by atomic mass is 10.0. The van der Waals surface area contributed by atoms with Gasteiger partial charge < -0.3 is 11.1 Å². The number of anilines is 2. The van der Waals surface area contributed by atoms with Gasteiger partial charge in [-0.2, -0.15) is 10.1 Å². The van der Waals surface area contributed by atoms with Crippen molar-refractivity contribution >= 4 is 23.2 Å². The number of hydrogen-bond acceptors (Lipinski definition) is 5. The molecule has 3 heterocycles. The van der Waals surface area contributed by atoms with Crippen LogP contribution in [0.1, 0.15) is 11.1 Å². The standard InChI is InChI=1S/C24H21N7O/c25-24-28-22-15-20(10-13-31(22)29-24)19-6-2-17(3-7-19)14-23(32)27-21-8-4-18(5-9-21)16-30-12-1-11-26-30/h1-13,15H,14,16H2,(H2,25,29)(H,27,32). The van der Waals surface area contributed by atoms with E-state index in [1.807, 2.05) is 83.8 Å². The van der Waals surface area contributed by atoms with Gasteiger partial charge in [-0.05, 0) is 52.6 Å². The fourth-order valence-corrected chi connectivity index (χ4v) is 3.56. The van der Waals surface area contributed by atoms with Gasteiger partial charge in [-0.3, -0.25) is 9.48 Å². The quantitative estimate of drug-likeness (QED) is 0.436. The summed E-state index contributed by atoms with van der Waals surface area (Å²) < 4.78 is 3.50. The van der Waals surface area contributed by atoms with Crippen LogP contribution in [0.5, 0.6) is 0 Å². The molecule has 8 heteroatoms. The average molecular weight is 423 g/mol. The molecule has 0 atom stereocenters. The number of amides is 1. The van der Waals surface area contributed by atoms with Crippen LogP contribution in [0, 0.1) is 0 Å². The molecule has 0 fully saturated rings. The van der Waals surface area contributed by atoms with Gasteiger partial charge >= 0.3 is 0 Å². The number of nitrogens with one attached hydrogen (secondary N) is 1. The zero-order valence-corrected chi connectivity index (χ0v) is 17.2. The first-order valence-corrected chi connectivity index (χ1v) is 10.2. The van der Waals surface area contributed by atoms with Crippen molar-refractivity contribution in [3.63, 3.8) is 0 Å². The van der Waals surface area contributed by atoms with Crippen molar-refractivity contribution < 1.29 is 4.79 Å². The van der Waals surface area contributed by atoms with Crippen LogP contribution in [-0.2, 0) is 17.8 Å². The van der Waals surface area contributed by atoms with Crippen LogP contribution in [-0.4, -0.2) is 30.3 Å². The van der Waals surface area contributed by atoms with Gasteiger partial charge in [0.05, 0.1) is 13.0 Å². The Labute approximate surface area is 184 Å². The zero-order valence-electron chi connectivity index (χ0n) is 17.2. The molecule has 0 aliphatic carbocycles. The van der Waals surface area contributed by atoms with Gasteiger partial charge in [0.2, 0.25) is 11.9 Å². The van der Waals surface area contributed by atoms with Crippen LogP contribution in [0.25, 0.3) is 16.8 Å². The summed E-state index contributed by atoms with van der Waals surface area (Å²) in [6.07, 6.45) is 5.81. The predicted molar refractivity (Wildman–Crippen MR) is 123 cm³/mol. The van der Waals surface area contributed by atoms with Gasteiger partial charge in [-0.15, -0.1) is 5.10 Å². The fraction of sp³-hybridized carbons (Fsp3) is 0.0833. The van der Waals surface area contributed by atoms with E-state index in [1.165, 1.54) is 0 Å². The number of benzene rings is 2. The number of carbonyl (C=O) groups is 1. The molecule has 0 bridgehead atoms. The molecule has 8 nitrogen and oxygen atoms in total. The van der Waals surface area contributed by atoms with Crippen LogP contribution < -0.4 is 11.1 Å². The van der Waals surface area contributed by atoms with Gasteiger partial charge in [0.15, 0.2) is 5.65 Å². The zero-order chi connectivity index (χ0) is 21.9. The largest absolute Gasteiger partial charge is 0.366 e. The van der Waals surface area contributed by atoms with E-state index in [-0.39, 0.29) is 11.9 Å². The topological polar surface area (TPSA) is 103 Å². The van der Waals surface area contributed by atoms with E-state index in [9.17, 15) is 4.79 Å². The molecule has 3 aromatic heterocycles. The Balaban J connectivity index is 1.20. The van der Waals surface area contributed by atoms with E-state index in [0.29, 0.717) is 18.6 Å². The molecular formula is C24H21N7O. The number of nitrogens with zero attached hydrogens (tertiary/aromatic N) is 5. The van der Waals surface area contributed by atoms with Crippen LogP contribution >= 0.6 is 0 Å². The summed E-state index contributed by atoms with van der Waals surface area (Å²) in [6.45, 7) is 0.699. The summed E-state index contributed by atoms with van der Waals surface area (Å²) in [5, 5.41) is 11.2. The van der Waals surface area contributed by atoms with Crippen LogP contribution in [0.2, 0.25) is 0 Å². The first-order chi connectivity index (χ1) is 15.6. The van der Waals surface area contributed by atoms with Crippen molar-refractivity contribution in [2.45, 2.75) is 13.0 Å². The van der Waals surface area contributed by atoms with E-state index in [4.69, 9.17) is 5.73 Å². The summed E-state index contributed by atoms with van der Waals surface area (Å²) in [6, 6.07) is 21.5. The summed E-state index contributed by atoms with van der Waals surface area (Å²) in [7, 11) is 0. The molecule has 0 saturated heterocycles. The monoisotopic (exact) mass is 423 g/mol. The van der Waals surface area contributed by atoms with E-state index >= 15 is 0 Å². The molecule has 3 N–H and O–H groups in total. The third-order valence-corrected chi connectivity index (χ3v) is 5.15. The third kappa shape index (κ3) is 4.34. The second-order valence-electron chi connectivity index (χ2n) is 7.51. The molecule has 5 rings (SSSR count). The molecule has 0 aliphatic heterocycles. The lowest BCUT2D eigenvalue weighted by Crippen LogP contribution is -2.14. The summed E-state index contributed by atoms with van der Waals surface area (Å²) in [5.41, 5.74) is 11.2. The number of fused-ring (bicyclic) bond motifs is 1. The van der Waals surface area contributed by atoms with Gasteiger partial charge in [-0.1, -0.05) is 36.4 Å². The summed E-state index contributed by atoms with van der Waals surface area (Å²) >= 11 is 0. The molecule has 5 aromatic rings. The highest BCUT2D eigenvalue weighted by Crippen LogP contribution is 2.21. The molecule has 32 heavy (non-hydrogen) atoms. The summed E-state index contributed by atoms with van der Waals surface area (Å²) in [5.74, 6) is 0.189. The Morgan fingerprint density at radius 1 is 0.938 bits per heavy atom. The lowest BCUT2D eigenvalue weighted by molar-refractivity contribution is -0.115. The van der Waals surface area contributed by atoms with E-state index < -0.39 is 0 Å². The minimum absolute atomic E-state index is 0.0575. The third-order valence-electron chi connectivity index (χ3n) is 5.15. The summed E-state index contributed by atoms with van der Waals surface area (Å²) in [4.78, 5) is 16.7. The van der Waals surface area contributed by atoms with Crippen LogP contribution in [0.3, 0.4) is 0 Å². The van der Waals surface area contributed by atoms with Crippen molar-refractivity contribution in [2.75, 3.05) is 11.1 Å². The maximum Gasteiger partial charge on any atom is 0.240 e. The van der Waals surface area contributed by atoms with Crippen molar-refractivity contribution in [1.82, 2.24) is 24.4 Å². The van der Waals surface area contributed by atoms with E-state index in [1.54, 1.807) is 10.7 Å². The maximum absolute atomic E-state index is 12.5. The number of hydrogen-bond donors (Lipinski definition) is 2. The number of carbonyl (C=O) groups excluding carboxylic acids is 1. The first-order valence-electron chi connectivity index (χ1n) is 10.2. The molecule has 0 spiro atoms. The Morgan fingerprint density at radius 3 is 2.47 bits per heavy atom. The maximum atomic E-state index is 12.5. The highest BCUT2D eigenvalue weighted by molar-refractivity contribution is 5.92. The van der Waals surface area contributed by atoms with Crippen molar-refractivity contribution in [1.29, 1.82) is 0 Å². The molecule has 0 unspecified atom stereocenters. The normalized spacial score (nSPS) is 11.0. The highest BCUT2D eigenvalue weighted by Gasteiger charge is 2.07. The highest BCUT2D eigenvalue weighted by atomic mass is 16.1. The molecule has 0 saturated carbocycles. The Hall–Kier alpha value is -4.46. The van der Waals surface area contributed by atoms with Crippen LogP contribution in [0.15, 0.2) is 85.3 Å². The van der Waals surface area contributed by atoms with Gasteiger partial charge in [-0.25, -0.2) is 4.52 Å². The number of pyridine rings is 1. The molecular weight excluding hydrogens is 402 g/mol. The van der Waals surface area contributed by atoms with E-state index in [2.05, 4.69) is 20.5 Å². The molecule has 2 aromatic carbocycles. The minimum atomic E-state index is -0.0575. The number of rotatable bonds is 6. The predicted octanol–water partition coefficient (Wildman–Crippen LogP) is 3.40. The lowest BCUT2D eigenvalue weighted by Gasteiger charge is -2.08. The Bertz CT molecular complexity index is 1350. The van der Waals surface area contributed by atoms with Gasteiger partial charge in [0.1, 0.15) is 0 Å². The van der Waals surface area contributed by atoms with Crippen molar-refractivity contribution in [3.05, 3.63) is 96.4 Å². The first kappa shape index (κ1) is 19.5. The Kier molecular flexibility index (Phi) is 5.09. The van der Waals surface area contributed by atoms with E-state index in [0.717, 1.165) is 27.9 Å². The second kappa shape index (κ2) is 8.35. The van der Waals surface area contributed by atoms with Gasteiger partial charge in [0, 0.05) is 24.3 Å². The smallest absolute Gasteiger partial charge is 0.240 e. The van der Waals surface area contributed by atoms with Gasteiger partial charge in [0.25, 0.3) is 0 Å². The molecule has 158 valence electrons. The number of aromatic nitrogens is 5. The molecule has 0 aliphatic rings.